The van der Waals surface area contributed by atoms with Crippen LogP contribution in [0.15, 0.2) is 5.51 Å². The molecule has 1 fully saturated rings. The summed E-state index contributed by atoms with van der Waals surface area (Å²) in [5, 5.41) is 0. The smallest absolute Gasteiger partial charge is 0.329 e. The Morgan fingerprint density at radius 1 is 1.71 bits per heavy atom. The lowest BCUT2D eigenvalue weighted by Gasteiger charge is -2.17. The van der Waals surface area contributed by atoms with E-state index in [1.807, 2.05) is 6.92 Å². The summed E-state index contributed by atoms with van der Waals surface area (Å²) in [6.07, 6.45) is 0.978. The largest absolute Gasteiger partial charge is 0.458 e. The molecule has 0 bridgehead atoms. The first-order valence-corrected chi connectivity index (χ1v) is 6.29. The van der Waals surface area contributed by atoms with E-state index < -0.39 is 6.04 Å². The molecule has 1 amide bonds. The van der Waals surface area contributed by atoms with Crippen LogP contribution in [0.5, 0.6) is 0 Å². The highest BCUT2D eigenvalue weighted by Crippen LogP contribution is 2.19. The van der Waals surface area contributed by atoms with Gasteiger partial charge in [0.05, 0.1) is 16.1 Å². The van der Waals surface area contributed by atoms with Crippen molar-refractivity contribution < 1.29 is 14.3 Å². The fourth-order valence-electron chi connectivity index (χ4n) is 1.78. The number of rotatable bonds is 3. The van der Waals surface area contributed by atoms with Gasteiger partial charge in [0, 0.05) is 13.5 Å². The van der Waals surface area contributed by atoms with E-state index in [0.29, 0.717) is 12.8 Å². The summed E-state index contributed by atoms with van der Waals surface area (Å²) in [5.74, 6) is -0.327. The number of likely N-dealkylation sites (N-methyl/N-ethyl adjacent to an activating group) is 1. The Hall–Kier alpha value is -1.43. The number of amides is 1. The van der Waals surface area contributed by atoms with Gasteiger partial charge in [-0.05, 0) is 13.3 Å². The predicted octanol–water partition coefficient (Wildman–Crippen LogP) is 1.12. The number of ether oxygens (including phenoxy) is 1. The van der Waals surface area contributed by atoms with Crippen molar-refractivity contribution >= 4 is 23.2 Å². The van der Waals surface area contributed by atoms with Crippen molar-refractivity contribution in [1.29, 1.82) is 0 Å². The van der Waals surface area contributed by atoms with Gasteiger partial charge in [0.15, 0.2) is 0 Å². The second-order valence-corrected chi connectivity index (χ2v) is 4.97. The summed E-state index contributed by atoms with van der Waals surface area (Å²) in [5.41, 5.74) is 2.61. The molecule has 0 aromatic carbocycles. The molecule has 6 heteroatoms. The van der Waals surface area contributed by atoms with Crippen molar-refractivity contribution in [2.24, 2.45) is 0 Å². The van der Waals surface area contributed by atoms with Crippen LogP contribution in [0.4, 0.5) is 0 Å². The Morgan fingerprint density at radius 2 is 2.47 bits per heavy atom. The third-order valence-corrected chi connectivity index (χ3v) is 3.86. The van der Waals surface area contributed by atoms with E-state index in [9.17, 15) is 9.59 Å². The molecule has 0 radical (unpaired) electrons. The van der Waals surface area contributed by atoms with Crippen molar-refractivity contribution in [3.05, 3.63) is 16.1 Å². The molecule has 5 nitrogen and oxygen atoms in total. The van der Waals surface area contributed by atoms with E-state index in [2.05, 4.69) is 4.98 Å². The topological polar surface area (TPSA) is 59.5 Å². The summed E-state index contributed by atoms with van der Waals surface area (Å²) < 4.78 is 5.21. The minimum Gasteiger partial charge on any atom is -0.458 e. The van der Waals surface area contributed by atoms with Crippen molar-refractivity contribution in [1.82, 2.24) is 9.88 Å². The van der Waals surface area contributed by atoms with Crippen LogP contribution in [0.25, 0.3) is 0 Å². The van der Waals surface area contributed by atoms with Crippen LogP contribution in [0.3, 0.4) is 0 Å². The van der Waals surface area contributed by atoms with Crippen LogP contribution in [-0.2, 0) is 20.9 Å². The number of likely N-dealkylation sites (tertiary alicyclic amines) is 1. The molecule has 92 valence electrons. The average molecular weight is 254 g/mol. The van der Waals surface area contributed by atoms with Crippen LogP contribution in [0.2, 0.25) is 0 Å². The maximum atomic E-state index is 11.8. The lowest BCUT2D eigenvalue weighted by molar-refractivity contribution is -0.152. The van der Waals surface area contributed by atoms with Gasteiger partial charge in [-0.2, -0.15) is 0 Å². The lowest BCUT2D eigenvalue weighted by atomic mass is 10.2. The van der Waals surface area contributed by atoms with Gasteiger partial charge in [-0.1, -0.05) is 0 Å². The van der Waals surface area contributed by atoms with Crippen molar-refractivity contribution in [3.63, 3.8) is 0 Å². The summed E-state index contributed by atoms with van der Waals surface area (Å²) in [4.78, 5) is 29.6. The minimum atomic E-state index is -0.421. The monoisotopic (exact) mass is 254 g/mol. The van der Waals surface area contributed by atoms with Crippen LogP contribution in [-0.4, -0.2) is 34.8 Å². The van der Waals surface area contributed by atoms with Crippen molar-refractivity contribution in [2.45, 2.75) is 32.4 Å². The first-order chi connectivity index (χ1) is 8.09. The molecule has 2 heterocycles. The molecule has 0 saturated carbocycles. The molecule has 0 aliphatic carbocycles. The first kappa shape index (κ1) is 12.0. The zero-order valence-corrected chi connectivity index (χ0v) is 10.6. The molecular formula is C11H14N2O3S. The normalized spacial score (nSPS) is 19.8. The molecule has 1 aliphatic rings. The first-order valence-electron chi connectivity index (χ1n) is 5.41. The molecule has 1 aliphatic heterocycles. The van der Waals surface area contributed by atoms with E-state index in [1.54, 1.807) is 12.6 Å². The highest BCUT2D eigenvalue weighted by molar-refractivity contribution is 7.09. The second kappa shape index (κ2) is 4.83. The molecular weight excluding hydrogens is 240 g/mol. The van der Waals surface area contributed by atoms with E-state index in [1.165, 1.54) is 16.2 Å². The Morgan fingerprint density at radius 3 is 3.00 bits per heavy atom. The van der Waals surface area contributed by atoms with E-state index in [-0.39, 0.29) is 18.5 Å². The number of thiazole rings is 1. The third kappa shape index (κ3) is 2.46. The van der Waals surface area contributed by atoms with Crippen LogP contribution < -0.4 is 0 Å². The maximum Gasteiger partial charge on any atom is 0.329 e. The van der Waals surface area contributed by atoms with Gasteiger partial charge in [0.2, 0.25) is 5.91 Å². The number of aryl methyl sites for hydroxylation is 1. The quantitative estimate of drug-likeness (QED) is 0.758. The summed E-state index contributed by atoms with van der Waals surface area (Å²) >= 11 is 1.47. The third-order valence-electron chi connectivity index (χ3n) is 2.95. The van der Waals surface area contributed by atoms with Gasteiger partial charge in [-0.15, -0.1) is 11.3 Å². The lowest BCUT2D eigenvalue weighted by Crippen LogP contribution is -2.36. The van der Waals surface area contributed by atoms with Crippen LogP contribution in [0.1, 0.15) is 23.4 Å². The second-order valence-electron chi connectivity index (χ2n) is 4.03. The fraction of sp³-hybridized carbons (Fsp3) is 0.545. The number of nitrogens with zero attached hydrogens (tertiary/aromatic N) is 2. The Bertz CT molecular complexity index is 444. The zero-order chi connectivity index (χ0) is 12.4. The molecule has 0 spiro atoms. The maximum absolute atomic E-state index is 11.8. The molecule has 1 saturated heterocycles. The summed E-state index contributed by atoms with van der Waals surface area (Å²) in [6.45, 7) is 2.12. The molecule has 2 rings (SSSR count). The minimum absolute atomic E-state index is 0.000853. The molecule has 1 aromatic rings. The number of carbonyl (C=O) groups excluding carboxylic acids is 2. The standard InChI is InChI=1S/C11H14N2O3S/c1-7-9(17-6-12-7)5-16-11(15)8-3-4-10(14)13(8)2/h6,8H,3-5H2,1-2H3/t8-/m1/s1. The predicted molar refractivity (Wildman–Crippen MR) is 62.4 cm³/mol. The van der Waals surface area contributed by atoms with E-state index >= 15 is 0 Å². The van der Waals surface area contributed by atoms with Gasteiger partial charge >= 0.3 is 5.97 Å². The number of hydrogen-bond acceptors (Lipinski definition) is 5. The molecule has 1 atom stereocenters. The molecule has 1 aromatic heterocycles. The van der Waals surface area contributed by atoms with Gasteiger partial charge in [-0.3, -0.25) is 4.79 Å². The molecule has 0 unspecified atom stereocenters. The summed E-state index contributed by atoms with van der Waals surface area (Å²) in [6, 6.07) is -0.421. The highest BCUT2D eigenvalue weighted by atomic mass is 32.1. The molecule has 0 N–H and O–H groups in total. The van der Waals surface area contributed by atoms with Crippen LogP contribution >= 0.6 is 11.3 Å². The van der Waals surface area contributed by atoms with Crippen molar-refractivity contribution in [3.8, 4) is 0 Å². The molecule has 17 heavy (non-hydrogen) atoms. The van der Waals surface area contributed by atoms with Gasteiger partial charge < -0.3 is 9.64 Å². The Balaban J connectivity index is 1.90. The Labute approximate surface area is 103 Å². The zero-order valence-electron chi connectivity index (χ0n) is 9.80. The highest BCUT2D eigenvalue weighted by Gasteiger charge is 2.34. The van der Waals surface area contributed by atoms with Gasteiger partial charge in [-0.25, -0.2) is 9.78 Å². The van der Waals surface area contributed by atoms with Crippen molar-refractivity contribution in [2.75, 3.05) is 7.05 Å². The summed E-state index contributed by atoms with van der Waals surface area (Å²) in [7, 11) is 1.64. The number of hydrogen-bond donors (Lipinski definition) is 0. The van der Waals surface area contributed by atoms with E-state index in [4.69, 9.17) is 4.74 Å². The van der Waals surface area contributed by atoms with Gasteiger partial charge in [0.25, 0.3) is 0 Å². The van der Waals surface area contributed by atoms with Gasteiger partial charge in [0.1, 0.15) is 12.6 Å². The average Bonchev–Trinajstić information content (AvgIpc) is 2.84. The fourth-order valence-corrected chi connectivity index (χ4v) is 2.47. The van der Waals surface area contributed by atoms with E-state index in [0.717, 1.165) is 10.6 Å². The van der Waals surface area contributed by atoms with Crippen LogP contribution in [0, 0.1) is 6.92 Å². The number of esters is 1. The number of aromatic nitrogens is 1. The Kier molecular flexibility index (Phi) is 3.42. The number of carbonyl (C=O) groups is 2. The SMILES string of the molecule is Cc1ncsc1COC(=O)[C@H]1CCC(=O)N1C.